The van der Waals surface area contributed by atoms with Gasteiger partial charge in [0.25, 0.3) is 5.91 Å². The third kappa shape index (κ3) is 3.72. The van der Waals surface area contributed by atoms with Gasteiger partial charge in [-0.15, -0.1) is 0 Å². The van der Waals surface area contributed by atoms with Gasteiger partial charge in [-0.2, -0.15) is 5.10 Å². The van der Waals surface area contributed by atoms with E-state index >= 15 is 0 Å². The summed E-state index contributed by atoms with van der Waals surface area (Å²) in [7, 11) is 0. The SMILES string of the molecule is O=C(Nc1ccc(-c2ncc[nH]2)cc1)c1ccn(-c2ccc(Cl)c(Cl)c2)n1. The molecular formula is C19H13Cl2N5O. The van der Waals surface area contributed by atoms with Gasteiger partial charge in [-0.1, -0.05) is 23.2 Å². The van der Waals surface area contributed by atoms with E-state index in [1.807, 2.05) is 24.3 Å². The van der Waals surface area contributed by atoms with Crippen LogP contribution < -0.4 is 5.32 Å². The molecule has 2 heterocycles. The minimum Gasteiger partial charge on any atom is -0.345 e. The lowest BCUT2D eigenvalue weighted by Gasteiger charge is -2.05. The minimum absolute atomic E-state index is 0.288. The number of amides is 1. The summed E-state index contributed by atoms with van der Waals surface area (Å²) < 4.78 is 1.57. The highest BCUT2D eigenvalue weighted by molar-refractivity contribution is 6.42. The van der Waals surface area contributed by atoms with Crippen LogP contribution in [0.5, 0.6) is 0 Å². The summed E-state index contributed by atoms with van der Waals surface area (Å²) in [6.07, 6.45) is 5.14. The van der Waals surface area contributed by atoms with E-state index in [-0.39, 0.29) is 11.6 Å². The van der Waals surface area contributed by atoms with Gasteiger partial charge < -0.3 is 10.3 Å². The van der Waals surface area contributed by atoms with Crippen LogP contribution in [0.1, 0.15) is 10.5 Å². The zero-order valence-corrected chi connectivity index (χ0v) is 15.4. The van der Waals surface area contributed by atoms with Crippen LogP contribution in [0.25, 0.3) is 17.1 Å². The number of benzene rings is 2. The fraction of sp³-hybridized carbons (Fsp3) is 0. The van der Waals surface area contributed by atoms with Crippen molar-refractivity contribution >= 4 is 34.8 Å². The molecule has 134 valence electrons. The van der Waals surface area contributed by atoms with E-state index in [1.54, 1.807) is 47.5 Å². The fourth-order valence-corrected chi connectivity index (χ4v) is 2.84. The number of nitrogens with zero attached hydrogens (tertiary/aromatic N) is 3. The smallest absolute Gasteiger partial charge is 0.276 e. The second kappa shape index (κ2) is 7.26. The molecule has 0 aliphatic heterocycles. The Balaban J connectivity index is 1.49. The average molecular weight is 398 g/mol. The third-order valence-corrected chi connectivity index (χ3v) is 4.64. The van der Waals surface area contributed by atoms with Gasteiger partial charge in [-0.05, 0) is 48.5 Å². The number of hydrogen-bond acceptors (Lipinski definition) is 3. The maximum Gasteiger partial charge on any atom is 0.276 e. The van der Waals surface area contributed by atoms with Crippen LogP contribution in [0.3, 0.4) is 0 Å². The molecule has 2 aromatic carbocycles. The Bertz CT molecular complexity index is 1090. The molecule has 0 radical (unpaired) electrons. The first-order valence-electron chi connectivity index (χ1n) is 8.02. The maximum atomic E-state index is 12.4. The number of nitrogens with one attached hydrogen (secondary N) is 2. The summed E-state index contributed by atoms with van der Waals surface area (Å²) in [5.41, 5.74) is 2.60. The number of carbonyl (C=O) groups is 1. The Morgan fingerprint density at radius 1 is 1.04 bits per heavy atom. The molecule has 4 rings (SSSR count). The van der Waals surface area contributed by atoms with Crippen LogP contribution in [0, 0.1) is 0 Å². The Morgan fingerprint density at radius 3 is 2.56 bits per heavy atom. The molecule has 6 nitrogen and oxygen atoms in total. The highest BCUT2D eigenvalue weighted by atomic mass is 35.5. The first-order chi connectivity index (χ1) is 13.1. The molecule has 2 aromatic heterocycles. The molecule has 1 amide bonds. The number of anilines is 1. The van der Waals surface area contributed by atoms with Crippen molar-refractivity contribution in [3.05, 3.63) is 82.9 Å². The second-order valence-corrected chi connectivity index (χ2v) is 6.53. The van der Waals surface area contributed by atoms with E-state index in [0.717, 1.165) is 11.4 Å². The van der Waals surface area contributed by atoms with Crippen molar-refractivity contribution < 1.29 is 4.79 Å². The van der Waals surface area contributed by atoms with E-state index in [4.69, 9.17) is 23.2 Å². The van der Waals surface area contributed by atoms with Crippen molar-refractivity contribution in [1.29, 1.82) is 0 Å². The summed E-state index contributed by atoms with van der Waals surface area (Å²) in [5.74, 6) is 0.466. The van der Waals surface area contributed by atoms with E-state index in [0.29, 0.717) is 21.4 Å². The van der Waals surface area contributed by atoms with Crippen molar-refractivity contribution in [1.82, 2.24) is 19.7 Å². The second-order valence-electron chi connectivity index (χ2n) is 5.71. The first-order valence-corrected chi connectivity index (χ1v) is 8.78. The molecule has 0 saturated heterocycles. The van der Waals surface area contributed by atoms with Gasteiger partial charge >= 0.3 is 0 Å². The zero-order valence-electron chi connectivity index (χ0n) is 13.9. The largest absolute Gasteiger partial charge is 0.345 e. The van der Waals surface area contributed by atoms with Gasteiger partial charge in [-0.25, -0.2) is 9.67 Å². The topological polar surface area (TPSA) is 75.6 Å². The number of aromatic amines is 1. The van der Waals surface area contributed by atoms with Gasteiger partial charge in [0.2, 0.25) is 0 Å². The summed E-state index contributed by atoms with van der Waals surface area (Å²) in [6.45, 7) is 0. The Kier molecular flexibility index (Phi) is 4.66. The number of hydrogen-bond donors (Lipinski definition) is 2. The molecule has 0 saturated carbocycles. The summed E-state index contributed by atoms with van der Waals surface area (Å²) in [4.78, 5) is 19.7. The summed E-state index contributed by atoms with van der Waals surface area (Å²) in [6, 6.07) is 14.2. The number of halogens is 2. The van der Waals surface area contributed by atoms with Crippen molar-refractivity contribution in [3.63, 3.8) is 0 Å². The van der Waals surface area contributed by atoms with E-state index in [2.05, 4.69) is 20.4 Å². The van der Waals surface area contributed by atoms with Crippen molar-refractivity contribution in [3.8, 4) is 17.1 Å². The predicted octanol–water partition coefficient (Wildman–Crippen LogP) is 4.82. The Hall–Kier alpha value is -3.09. The van der Waals surface area contributed by atoms with Crippen molar-refractivity contribution in [2.45, 2.75) is 0 Å². The molecule has 27 heavy (non-hydrogen) atoms. The molecule has 4 aromatic rings. The van der Waals surface area contributed by atoms with Crippen LogP contribution in [-0.4, -0.2) is 25.7 Å². The summed E-state index contributed by atoms with van der Waals surface area (Å²) in [5, 5.41) is 8.00. The number of carbonyl (C=O) groups excluding carboxylic acids is 1. The molecule has 8 heteroatoms. The van der Waals surface area contributed by atoms with E-state index in [1.165, 1.54) is 0 Å². The standard InChI is InChI=1S/C19H13Cl2N5O/c20-15-6-5-14(11-16(15)21)26-10-7-17(25-26)19(27)24-13-3-1-12(2-4-13)18-22-8-9-23-18/h1-11H,(H,22,23)(H,24,27). The highest BCUT2D eigenvalue weighted by Crippen LogP contribution is 2.24. The fourth-order valence-electron chi connectivity index (χ4n) is 2.55. The van der Waals surface area contributed by atoms with Gasteiger partial charge in [0.05, 0.1) is 15.7 Å². The number of H-pyrrole nitrogens is 1. The lowest BCUT2D eigenvalue weighted by molar-refractivity contribution is 0.102. The first kappa shape index (κ1) is 17.3. The highest BCUT2D eigenvalue weighted by Gasteiger charge is 2.11. The van der Waals surface area contributed by atoms with Crippen molar-refractivity contribution in [2.24, 2.45) is 0 Å². The molecule has 0 fully saturated rings. The van der Waals surface area contributed by atoms with Crippen LogP contribution in [0.2, 0.25) is 10.0 Å². The van der Waals surface area contributed by atoms with Crippen LogP contribution in [0.15, 0.2) is 67.1 Å². The predicted molar refractivity (Wildman–Crippen MR) is 106 cm³/mol. The normalized spacial score (nSPS) is 10.7. The minimum atomic E-state index is -0.306. The van der Waals surface area contributed by atoms with Gasteiger partial charge in [0.1, 0.15) is 5.82 Å². The molecule has 0 unspecified atom stereocenters. The molecule has 0 spiro atoms. The molecule has 0 bridgehead atoms. The Morgan fingerprint density at radius 2 is 1.85 bits per heavy atom. The average Bonchev–Trinajstić information content (AvgIpc) is 3.36. The van der Waals surface area contributed by atoms with E-state index in [9.17, 15) is 4.79 Å². The summed E-state index contributed by atoms with van der Waals surface area (Å²) >= 11 is 12.0. The third-order valence-electron chi connectivity index (χ3n) is 3.90. The maximum absolute atomic E-state index is 12.4. The van der Waals surface area contributed by atoms with Gasteiger partial charge in [0.15, 0.2) is 5.69 Å². The van der Waals surface area contributed by atoms with Gasteiger partial charge in [-0.3, -0.25) is 4.79 Å². The zero-order chi connectivity index (χ0) is 18.8. The lowest BCUT2D eigenvalue weighted by Crippen LogP contribution is -2.13. The van der Waals surface area contributed by atoms with Crippen LogP contribution in [0.4, 0.5) is 5.69 Å². The van der Waals surface area contributed by atoms with E-state index < -0.39 is 0 Å². The molecule has 0 aliphatic carbocycles. The quantitative estimate of drug-likeness (QED) is 0.518. The van der Waals surface area contributed by atoms with Crippen LogP contribution in [-0.2, 0) is 0 Å². The molecule has 2 N–H and O–H groups in total. The van der Waals surface area contributed by atoms with Gasteiger partial charge in [0, 0.05) is 29.8 Å². The number of imidazole rings is 1. The lowest BCUT2D eigenvalue weighted by atomic mass is 10.2. The van der Waals surface area contributed by atoms with Crippen molar-refractivity contribution in [2.75, 3.05) is 5.32 Å². The monoisotopic (exact) mass is 397 g/mol. The number of aromatic nitrogens is 4. The number of rotatable bonds is 4. The molecule has 0 aliphatic rings. The van der Waals surface area contributed by atoms with Crippen LogP contribution >= 0.6 is 23.2 Å². The Labute approximate surface area is 164 Å². The molecule has 0 atom stereocenters. The molecular weight excluding hydrogens is 385 g/mol.